The van der Waals surface area contributed by atoms with Crippen molar-refractivity contribution < 1.29 is 9.53 Å². The lowest BCUT2D eigenvalue weighted by molar-refractivity contribution is -0.126. The first-order valence-electron chi connectivity index (χ1n) is 4.87. The number of anilines is 1. The molecule has 1 heterocycles. The lowest BCUT2D eigenvalue weighted by atomic mass is 9.93. The van der Waals surface area contributed by atoms with E-state index in [1.165, 1.54) is 0 Å². The third-order valence-electron chi connectivity index (χ3n) is 2.14. The Morgan fingerprint density at radius 1 is 1.62 bits per heavy atom. The maximum atomic E-state index is 11.9. The van der Waals surface area contributed by atoms with Gasteiger partial charge in [-0.25, -0.2) is 0 Å². The van der Waals surface area contributed by atoms with Gasteiger partial charge in [-0.2, -0.15) is 0 Å². The van der Waals surface area contributed by atoms with Crippen LogP contribution in [0.15, 0.2) is 22.9 Å². The molecule has 88 valence electrons. The van der Waals surface area contributed by atoms with E-state index in [4.69, 9.17) is 4.74 Å². The van der Waals surface area contributed by atoms with E-state index >= 15 is 0 Å². The van der Waals surface area contributed by atoms with Gasteiger partial charge in [0.2, 0.25) is 5.91 Å². The molecule has 16 heavy (non-hydrogen) atoms. The van der Waals surface area contributed by atoms with Crippen molar-refractivity contribution in [2.75, 3.05) is 19.0 Å². The molecule has 1 rings (SSSR count). The van der Waals surface area contributed by atoms with Crippen LogP contribution >= 0.6 is 15.9 Å². The van der Waals surface area contributed by atoms with Crippen LogP contribution in [-0.4, -0.2) is 24.6 Å². The van der Waals surface area contributed by atoms with Crippen LogP contribution < -0.4 is 5.32 Å². The number of nitrogens with zero attached hydrogens (tertiary/aromatic N) is 1. The summed E-state index contributed by atoms with van der Waals surface area (Å²) in [5.74, 6) is -0.0822. The highest BCUT2D eigenvalue weighted by Gasteiger charge is 2.27. The summed E-state index contributed by atoms with van der Waals surface area (Å²) >= 11 is 3.32. The lowest BCUT2D eigenvalue weighted by Gasteiger charge is -2.22. The topological polar surface area (TPSA) is 51.2 Å². The second-order valence-corrected chi connectivity index (χ2v) is 4.98. The minimum atomic E-state index is -0.558. The number of aromatic nitrogens is 1. The molecule has 1 aromatic rings. The fourth-order valence-electron chi connectivity index (χ4n) is 1.19. The molecule has 0 atom stereocenters. The SMILES string of the molecule is COCC(C)(C)C(=O)Nc1ccncc1Br. The molecule has 0 aliphatic heterocycles. The van der Waals surface area contributed by atoms with Crippen molar-refractivity contribution in [2.24, 2.45) is 5.41 Å². The molecule has 0 bridgehead atoms. The van der Waals surface area contributed by atoms with Crippen LogP contribution in [0, 0.1) is 5.41 Å². The third-order valence-corrected chi connectivity index (χ3v) is 2.77. The standard InChI is InChI=1S/C11H15BrN2O2/c1-11(2,7-16-3)10(15)14-9-4-5-13-6-8(9)12/h4-6H,7H2,1-3H3,(H,13,14,15). The molecule has 1 N–H and O–H groups in total. The zero-order valence-electron chi connectivity index (χ0n) is 9.58. The van der Waals surface area contributed by atoms with Gasteiger partial charge >= 0.3 is 0 Å². The van der Waals surface area contributed by atoms with Gasteiger partial charge in [-0.1, -0.05) is 0 Å². The van der Waals surface area contributed by atoms with Crippen molar-refractivity contribution in [3.8, 4) is 0 Å². The Labute approximate surface area is 104 Å². The second-order valence-electron chi connectivity index (χ2n) is 4.13. The number of halogens is 1. The number of pyridine rings is 1. The van der Waals surface area contributed by atoms with Crippen LogP contribution in [0.3, 0.4) is 0 Å². The van der Waals surface area contributed by atoms with Gasteiger partial charge in [0.25, 0.3) is 0 Å². The molecule has 0 aliphatic carbocycles. The van der Waals surface area contributed by atoms with Crippen LogP contribution in [-0.2, 0) is 9.53 Å². The molecule has 0 spiro atoms. The number of ether oxygens (including phenoxy) is 1. The van der Waals surface area contributed by atoms with E-state index in [2.05, 4.69) is 26.2 Å². The van der Waals surface area contributed by atoms with E-state index in [0.29, 0.717) is 12.3 Å². The third kappa shape index (κ3) is 3.28. The van der Waals surface area contributed by atoms with E-state index in [0.717, 1.165) is 4.47 Å². The van der Waals surface area contributed by atoms with Gasteiger partial charge in [-0.05, 0) is 35.8 Å². The van der Waals surface area contributed by atoms with Gasteiger partial charge in [0.15, 0.2) is 0 Å². The second kappa shape index (κ2) is 5.41. The van der Waals surface area contributed by atoms with Crippen LogP contribution in [0.5, 0.6) is 0 Å². The van der Waals surface area contributed by atoms with Crippen molar-refractivity contribution in [3.05, 3.63) is 22.9 Å². The Morgan fingerprint density at radius 3 is 2.88 bits per heavy atom. The predicted molar refractivity (Wildman–Crippen MR) is 66.2 cm³/mol. The fraction of sp³-hybridized carbons (Fsp3) is 0.455. The molecule has 0 aromatic carbocycles. The fourth-order valence-corrected chi connectivity index (χ4v) is 1.54. The monoisotopic (exact) mass is 286 g/mol. The van der Waals surface area contributed by atoms with Crippen molar-refractivity contribution in [1.82, 2.24) is 4.98 Å². The molecule has 0 saturated heterocycles. The van der Waals surface area contributed by atoms with Crippen LogP contribution in [0.4, 0.5) is 5.69 Å². The van der Waals surface area contributed by atoms with E-state index < -0.39 is 5.41 Å². The van der Waals surface area contributed by atoms with Crippen LogP contribution in [0.2, 0.25) is 0 Å². The number of amides is 1. The lowest BCUT2D eigenvalue weighted by Crippen LogP contribution is -2.34. The van der Waals surface area contributed by atoms with Gasteiger partial charge in [0.05, 0.1) is 22.2 Å². The summed E-state index contributed by atoms with van der Waals surface area (Å²) in [6.07, 6.45) is 3.27. The molecule has 0 aliphatic rings. The summed E-state index contributed by atoms with van der Waals surface area (Å²) in [7, 11) is 1.58. The Kier molecular flexibility index (Phi) is 4.44. The zero-order chi connectivity index (χ0) is 12.2. The van der Waals surface area contributed by atoms with Crippen LogP contribution in [0.1, 0.15) is 13.8 Å². The Bertz CT molecular complexity index is 380. The predicted octanol–water partition coefficient (Wildman–Crippen LogP) is 2.46. The number of methoxy groups -OCH3 is 1. The summed E-state index contributed by atoms with van der Waals surface area (Å²) in [4.78, 5) is 15.9. The summed E-state index contributed by atoms with van der Waals surface area (Å²) in [5, 5.41) is 2.83. The van der Waals surface area contributed by atoms with Gasteiger partial charge in [-0.15, -0.1) is 0 Å². The first-order chi connectivity index (χ1) is 7.47. The quantitative estimate of drug-likeness (QED) is 0.925. The summed E-state index contributed by atoms with van der Waals surface area (Å²) in [6.45, 7) is 4.05. The molecule has 1 aromatic heterocycles. The Hall–Kier alpha value is -0.940. The van der Waals surface area contributed by atoms with Gasteiger partial charge in [0.1, 0.15) is 0 Å². The Morgan fingerprint density at radius 2 is 2.31 bits per heavy atom. The highest BCUT2D eigenvalue weighted by molar-refractivity contribution is 9.10. The van der Waals surface area contributed by atoms with Crippen molar-refractivity contribution in [3.63, 3.8) is 0 Å². The molecule has 4 nitrogen and oxygen atoms in total. The maximum Gasteiger partial charge on any atom is 0.232 e. The smallest absolute Gasteiger partial charge is 0.232 e. The van der Waals surface area contributed by atoms with E-state index in [-0.39, 0.29) is 5.91 Å². The average Bonchev–Trinajstić information content (AvgIpc) is 2.21. The molecule has 0 unspecified atom stereocenters. The molecule has 0 fully saturated rings. The van der Waals surface area contributed by atoms with Crippen LogP contribution in [0.25, 0.3) is 0 Å². The normalized spacial score (nSPS) is 11.2. The molecule has 1 amide bonds. The molecule has 0 saturated carbocycles. The highest BCUT2D eigenvalue weighted by atomic mass is 79.9. The van der Waals surface area contributed by atoms with Gasteiger partial charge in [0, 0.05) is 19.5 Å². The first-order valence-corrected chi connectivity index (χ1v) is 5.66. The molecular formula is C11H15BrN2O2. The van der Waals surface area contributed by atoms with Gasteiger partial charge in [-0.3, -0.25) is 9.78 Å². The van der Waals surface area contributed by atoms with Crippen molar-refractivity contribution in [2.45, 2.75) is 13.8 Å². The number of carbonyl (C=O) groups is 1. The number of carbonyl (C=O) groups excluding carboxylic acids is 1. The number of hydrogen-bond acceptors (Lipinski definition) is 3. The maximum absolute atomic E-state index is 11.9. The van der Waals surface area contributed by atoms with E-state index in [9.17, 15) is 4.79 Å². The zero-order valence-corrected chi connectivity index (χ0v) is 11.2. The number of hydrogen-bond donors (Lipinski definition) is 1. The Balaban J connectivity index is 2.75. The summed E-state index contributed by atoms with van der Waals surface area (Å²) < 4.78 is 5.77. The molecular weight excluding hydrogens is 272 g/mol. The first kappa shape index (κ1) is 13.1. The molecule has 5 heteroatoms. The molecule has 0 radical (unpaired) electrons. The summed E-state index contributed by atoms with van der Waals surface area (Å²) in [6, 6.07) is 1.74. The minimum Gasteiger partial charge on any atom is -0.384 e. The highest BCUT2D eigenvalue weighted by Crippen LogP contribution is 2.23. The van der Waals surface area contributed by atoms with Gasteiger partial charge < -0.3 is 10.1 Å². The largest absolute Gasteiger partial charge is 0.384 e. The van der Waals surface area contributed by atoms with E-state index in [1.54, 1.807) is 25.6 Å². The average molecular weight is 287 g/mol. The number of rotatable bonds is 4. The van der Waals surface area contributed by atoms with E-state index in [1.807, 2.05) is 13.8 Å². The van der Waals surface area contributed by atoms with Crippen molar-refractivity contribution >= 4 is 27.5 Å². The summed E-state index contributed by atoms with van der Waals surface area (Å²) in [5.41, 5.74) is 0.154. The minimum absolute atomic E-state index is 0.0822. The number of nitrogens with one attached hydrogen (secondary N) is 1. The van der Waals surface area contributed by atoms with Crippen molar-refractivity contribution in [1.29, 1.82) is 0 Å².